The van der Waals surface area contributed by atoms with E-state index in [2.05, 4.69) is 130 Å². The van der Waals surface area contributed by atoms with Crippen LogP contribution in [0.4, 0.5) is 5.69 Å². The highest BCUT2D eigenvalue weighted by Gasteiger charge is 2.24. The average Bonchev–Trinajstić information content (AvgIpc) is 3.38. The van der Waals surface area contributed by atoms with Gasteiger partial charge in [-0.2, -0.15) is 0 Å². The van der Waals surface area contributed by atoms with Crippen molar-refractivity contribution in [1.29, 1.82) is 0 Å². The zero-order valence-corrected chi connectivity index (χ0v) is 23.3. The third kappa shape index (κ3) is 3.84. The van der Waals surface area contributed by atoms with Gasteiger partial charge in [-0.15, -0.1) is 0 Å². The second-order valence-corrected chi connectivity index (χ2v) is 11.2. The molecule has 0 fully saturated rings. The SMILES string of the molecule is c1ccc(C2=NC(c3ccc(-n4c5cc6ccccc6cc5c5cc6ccccc6cc54)cc3)Nc3cccnc32)cc1. The van der Waals surface area contributed by atoms with Crippen LogP contribution in [-0.2, 0) is 0 Å². The van der Waals surface area contributed by atoms with Gasteiger partial charge in [0.2, 0.25) is 0 Å². The molecule has 1 N–H and O–H groups in total. The van der Waals surface area contributed by atoms with Crippen LogP contribution < -0.4 is 5.32 Å². The topological polar surface area (TPSA) is 42.2 Å². The summed E-state index contributed by atoms with van der Waals surface area (Å²) in [4.78, 5) is 9.82. The van der Waals surface area contributed by atoms with Crippen LogP contribution in [0.5, 0.6) is 0 Å². The van der Waals surface area contributed by atoms with Crippen LogP contribution in [0.15, 0.2) is 151 Å². The molecule has 4 nitrogen and oxygen atoms in total. The van der Waals surface area contributed by atoms with E-state index in [0.29, 0.717) is 0 Å². The molecule has 43 heavy (non-hydrogen) atoms. The number of hydrogen-bond acceptors (Lipinski definition) is 3. The molecule has 3 heterocycles. The molecule has 0 radical (unpaired) electrons. The second kappa shape index (κ2) is 9.40. The van der Waals surface area contributed by atoms with Crippen molar-refractivity contribution in [2.24, 2.45) is 4.99 Å². The molecule has 0 aliphatic carbocycles. The monoisotopic (exact) mass is 550 g/mol. The van der Waals surface area contributed by atoms with Crippen LogP contribution in [-0.4, -0.2) is 15.3 Å². The van der Waals surface area contributed by atoms with E-state index in [1.807, 2.05) is 30.5 Å². The van der Waals surface area contributed by atoms with E-state index in [0.717, 1.165) is 33.9 Å². The molecule has 8 aromatic rings. The van der Waals surface area contributed by atoms with Gasteiger partial charge < -0.3 is 9.88 Å². The van der Waals surface area contributed by atoms with Gasteiger partial charge in [0.1, 0.15) is 11.9 Å². The van der Waals surface area contributed by atoms with E-state index in [9.17, 15) is 0 Å². The zero-order valence-electron chi connectivity index (χ0n) is 23.3. The molecule has 1 unspecified atom stereocenters. The smallest absolute Gasteiger partial charge is 0.145 e. The molecule has 0 saturated heterocycles. The first-order chi connectivity index (χ1) is 21.3. The van der Waals surface area contributed by atoms with Crippen molar-refractivity contribution in [1.82, 2.24) is 9.55 Å². The summed E-state index contributed by atoms with van der Waals surface area (Å²) in [5, 5.41) is 11.1. The second-order valence-electron chi connectivity index (χ2n) is 11.2. The van der Waals surface area contributed by atoms with Gasteiger partial charge in [0, 0.05) is 28.2 Å². The Morgan fingerprint density at radius 2 is 1.14 bits per heavy atom. The quantitative estimate of drug-likeness (QED) is 0.238. The summed E-state index contributed by atoms with van der Waals surface area (Å²) in [6.07, 6.45) is 1.61. The molecule has 9 rings (SSSR count). The highest BCUT2D eigenvalue weighted by molar-refractivity contribution is 6.17. The third-order valence-electron chi connectivity index (χ3n) is 8.60. The fraction of sp³-hybridized carbons (Fsp3) is 0.0256. The fourth-order valence-electron chi connectivity index (χ4n) is 6.52. The van der Waals surface area contributed by atoms with Crippen LogP contribution in [0.2, 0.25) is 0 Å². The van der Waals surface area contributed by atoms with Crippen LogP contribution in [0.3, 0.4) is 0 Å². The highest BCUT2D eigenvalue weighted by atomic mass is 15.1. The standard InChI is InChI=1S/C39H26N4/c1-2-9-25(10-3-1)37-38-34(15-8-20-40-38)41-39(42-37)26-16-18-31(19-17-26)43-35-23-29-13-6-4-11-27(29)21-32(35)33-22-28-12-5-7-14-30(28)24-36(33)43/h1-24,39,41H. The predicted octanol–water partition coefficient (Wildman–Crippen LogP) is 9.45. The molecular formula is C39H26N4. The zero-order chi connectivity index (χ0) is 28.3. The van der Waals surface area contributed by atoms with Gasteiger partial charge in [-0.25, -0.2) is 0 Å². The number of anilines is 1. The molecule has 202 valence electrons. The van der Waals surface area contributed by atoms with Gasteiger partial charge in [-0.1, -0.05) is 91.0 Å². The fourth-order valence-corrected chi connectivity index (χ4v) is 6.52. The third-order valence-corrected chi connectivity index (χ3v) is 8.60. The summed E-state index contributed by atoms with van der Waals surface area (Å²) < 4.78 is 2.40. The van der Waals surface area contributed by atoms with Crippen molar-refractivity contribution in [3.63, 3.8) is 0 Å². The molecule has 0 saturated carbocycles. The van der Waals surface area contributed by atoms with E-state index in [4.69, 9.17) is 4.99 Å². The lowest BCUT2D eigenvalue weighted by molar-refractivity contribution is 0.823. The van der Waals surface area contributed by atoms with E-state index >= 15 is 0 Å². The van der Waals surface area contributed by atoms with E-state index in [1.54, 1.807) is 0 Å². The Morgan fingerprint density at radius 1 is 0.558 bits per heavy atom. The number of pyridine rings is 1. The predicted molar refractivity (Wildman–Crippen MR) is 178 cm³/mol. The van der Waals surface area contributed by atoms with Crippen molar-refractivity contribution >= 4 is 54.7 Å². The normalized spacial score (nSPS) is 14.6. The van der Waals surface area contributed by atoms with Crippen LogP contribution in [0.1, 0.15) is 23.0 Å². The van der Waals surface area contributed by atoms with Crippen molar-refractivity contribution in [2.45, 2.75) is 6.17 Å². The van der Waals surface area contributed by atoms with Gasteiger partial charge in [0.05, 0.1) is 22.4 Å². The Balaban J connectivity index is 1.21. The minimum Gasteiger partial charge on any atom is -0.358 e. The molecule has 1 aliphatic rings. The van der Waals surface area contributed by atoms with Crippen molar-refractivity contribution in [2.75, 3.05) is 5.32 Å². The summed E-state index contributed by atoms with van der Waals surface area (Å²) in [6.45, 7) is 0. The largest absolute Gasteiger partial charge is 0.358 e. The van der Waals surface area contributed by atoms with Crippen molar-refractivity contribution in [3.8, 4) is 5.69 Å². The Morgan fingerprint density at radius 3 is 1.77 bits per heavy atom. The number of fused-ring (bicyclic) bond motifs is 6. The van der Waals surface area contributed by atoms with Crippen molar-refractivity contribution < 1.29 is 0 Å². The molecule has 0 amide bonds. The Kier molecular flexibility index (Phi) is 5.23. The van der Waals surface area contributed by atoms with Gasteiger partial charge in [-0.05, 0) is 75.6 Å². The number of rotatable bonds is 3. The van der Waals surface area contributed by atoms with Crippen LogP contribution in [0, 0.1) is 0 Å². The lowest BCUT2D eigenvalue weighted by Gasteiger charge is -2.25. The Labute approximate surface area is 248 Å². The van der Waals surface area contributed by atoms with E-state index < -0.39 is 0 Å². The summed E-state index contributed by atoms with van der Waals surface area (Å²) in [5.41, 5.74) is 8.48. The van der Waals surface area contributed by atoms with Crippen LogP contribution >= 0.6 is 0 Å². The van der Waals surface area contributed by atoms with E-state index in [1.165, 1.54) is 43.4 Å². The maximum atomic E-state index is 5.16. The molecule has 4 heteroatoms. The number of benzene rings is 6. The first-order valence-electron chi connectivity index (χ1n) is 14.6. The van der Waals surface area contributed by atoms with Gasteiger partial charge in [0.25, 0.3) is 0 Å². The number of nitrogens with one attached hydrogen (secondary N) is 1. The molecule has 2 aromatic heterocycles. The molecule has 6 aromatic carbocycles. The average molecular weight is 551 g/mol. The number of nitrogens with zero attached hydrogens (tertiary/aromatic N) is 3. The molecular weight excluding hydrogens is 524 g/mol. The lowest BCUT2D eigenvalue weighted by Crippen LogP contribution is -2.21. The summed E-state index contributed by atoms with van der Waals surface area (Å²) in [5.74, 6) is 0. The number of aromatic nitrogens is 2. The van der Waals surface area contributed by atoms with E-state index in [-0.39, 0.29) is 6.17 Å². The van der Waals surface area contributed by atoms with Gasteiger partial charge >= 0.3 is 0 Å². The summed E-state index contributed by atoms with van der Waals surface area (Å²) in [7, 11) is 0. The first-order valence-corrected chi connectivity index (χ1v) is 14.6. The Bertz CT molecular complexity index is 2270. The molecule has 1 atom stereocenters. The number of aliphatic imine (C=N–C) groups is 1. The minimum absolute atomic E-state index is 0.216. The molecule has 0 spiro atoms. The minimum atomic E-state index is -0.216. The first kappa shape index (κ1) is 23.9. The van der Waals surface area contributed by atoms with Gasteiger partial charge in [-0.3, -0.25) is 9.98 Å². The number of hydrogen-bond donors (Lipinski definition) is 1. The van der Waals surface area contributed by atoms with Crippen LogP contribution in [0.25, 0.3) is 49.0 Å². The summed E-state index contributed by atoms with van der Waals surface area (Å²) >= 11 is 0. The highest BCUT2D eigenvalue weighted by Crippen LogP contribution is 2.38. The van der Waals surface area contributed by atoms with Gasteiger partial charge in [0.15, 0.2) is 0 Å². The van der Waals surface area contributed by atoms with Crippen molar-refractivity contribution in [3.05, 3.63) is 163 Å². The maximum absolute atomic E-state index is 5.16. The molecule has 1 aliphatic heterocycles. The Hall–Kier alpha value is -5.74. The summed E-state index contributed by atoms with van der Waals surface area (Å²) in [6, 6.07) is 49.7. The molecule has 0 bridgehead atoms. The lowest BCUT2D eigenvalue weighted by atomic mass is 10.0. The maximum Gasteiger partial charge on any atom is 0.145 e.